The van der Waals surface area contributed by atoms with Gasteiger partial charge >= 0.3 is 0 Å². The van der Waals surface area contributed by atoms with E-state index >= 15 is 0 Å². The summed E-state index contributed by atoms with van der Waals surface area (Å²) in [6.07, 6.45) is 12.5. The lowest BCUT2D eigenvalue weighted by Gasteiger charge is -2.22. The molecule has 1 fully saturated rings. The minimum Gasteiger partial charge on any atom is -0.393 e. The van der Waals surface area contributed by atoms with Crippen LogP contribution in [0.2, 0.25) is 0 Å². The molecule has 2 rings (SSSR count). The number of benzene rings is 1. The molecule has 0 aliphatic heterocycles. The fourth-order valence-corrected chi connectivity index (χ4v) is 4.40. The number of aliphatic hydroxyl groups is 2. The summed E-state index contributed by atoms with van der Waals surface area (Å²) in [7, 11) is 0. The fourth-order valence-electron chi connectivity index (χ4n) is 4.40. The van der Waals surface area contributed by atoms with Gasteiger partial charge in [-0.2, -0.15) is 0 Å². The van der Waals surface area contributed by atoms with Crippen LogP contribution in [0.5, 0.6) is 0 Å². The van der Waals surface area contributed by atoms with Crippen molar-refractivity contribution in [3.8, 4) is 0 Å². The molecule has 4 heteroatoms. The van der Waals surface area contributed by atoms with Crippen molar-refractivity contribution in [3.63, 3.8) is 0 Å². The molecule has 1 saturated carbocycles. The molecule has 0 bridgehead atoms. The van der Waals surface area contributed by atoms with Gasteiger partial charge in [0.25, 0.3) is 0 Å². The molecule has 3 N–H and O–H groups in total. The molecule has 1 amide bonds. The Morgan fingerprint density at radius 3 is 2.76 bits per heavy atom. The number of aliphatic hydroxyl groups excluding tert-OH is 2. The topological polar surface area (TPSA) is 69.6 Å². The first-order valence-electron chi connectivity index (χ1n) is 11.4. The van der Waals surface area contributed by atoms with Gasteiger partial charge in [-0.25, -0.2) is 0 Å². The van der Waals surface area contributed by atoms with Gasteiger partial charge in [-0.1, -0.05) is 42.5 Å². The maximum Gasteiger partial charge on any atom is 0.219 e. The number of carbonyl (C=O) groups excluding carboxylic acids is 1. The second-order valence-electron chi connectivity index (χ2n) is 8.38. The summed E-state index contributed by atoms with van der Waals surface area (Å²) in [6, 6.07) is 10.3. The molecule has 1 aliphatic carbocycles. The van der Waals surface area contributed by atoms with E-state index in [0.29, 0.717) is 24.8 Å². The molecular formula is C25H39NO3. The minimum atomic E-state index is -0.265. The third-order valence-electron chi connectivity index (χ3n) is 6.14. The minimum absolute atomic E-state index is 0.123. The molecule has 0 spiro atoms. The standard InChI is InChI=1S/C25H39NO3/c1-2-26-25(29)13-9-4-3-8-12-23-21(16-19-24(23)28)15-18-22(27)17-14-20-10-6-5-7-11-20/h3,5-8,10-11,21-24,27-28H,2,4,9,12-19H2,1H3,(H,26,29). The third-order valence-corrected chi connectivity index (χ3v) is 6.14. The first-order valence-corrected chi connectivity index (χ1v) is 11.4. The van der Waals surface area contributed by atoms with Crippen molar-refractivity contribution in [2.24, 2.45) is 11.8 Å². The second-order valence-corrected chi connectivity index (χ2v) is 8.38. The SMILES string of the molecule is CCNC(=O)CCCC=CCC1C(O)CCC1CCC(O)CCc1ccccc1. The van der Waals surface area contributed by atoms with Crippen molar-refractivity contribution in [2.75, 3.05) is 6.54 Å². The van der Waals surface area contributed by atoms with Crippen LogP contribution in [0, 0.1) is 11.8 Å². The fraction of sp³-hybridized carbons (Fsp3) is 0.640. The zero-order valence-electron chi connectivity index (χ0n) is 17.9. The Kier molecular flexibility index (Phi) is 11.0. The Bertz CT molecular complexity index is 601. The van der Waals surface area contributed by atoms with Crippen molar-refractivity contribution in [3.05, 3.63) is 48.0 Å². The largest absolute Gasteiger partial charge is 0.393 e. The highest BCUT2D eigenvalue weighted by atomic mass is 16.3. The first-order chi connectivity index (χ1) is 14.1. The highest BCUT2D eigenvalue weighted by Crippen LogP contribution is 2.38. The number of carbonyl (C=O) groups is 1. The summed E-state index contributed by atoms with van der Waals surface area (Å²) >= 11 is 0. The van der Waals surface area contributed by atoms with Crippen molar-refractivity contribution in [1.29, 1.82) is 0 Å². The van der Waals surface area contributed by atoms with Crippen molar-refractivity contribution >= 4 is 5.91 Å². The van der Waals surface area contributed by atoms with Crippen LogP contribution in [0.25, 0.3) is 0 Å². The maximum absolute atomic E-state index is 11.4. The quantitative estimate of drug-likeness (QED) is 0.339. The molecule has 1 aliphatic rings. The third kappa shape index (κ3) is 9.14. The van der Waals surface area contributed by atoms with E-state index in [1.807, 2.05) is 25.1 Å². The number of amides is 1. The van der Waals surface area contributed by atoms with Gasteiger partial charge in [0.15, 0.2) is 0 Å². The monoisotopic (exact) mass is 401 g/mol. The lowest BCUT2D eigenvalue weighted by Crippen LogP contribution is -2.21. The molecule has 4 nitrogen and oxygen atoms in total. The lowest BCUT2D eigenvalue weighted by molar-refractivity contribution is -0.121. The van der Waals surface area contributed by atoms with E-state index in [4.69, 9.17) is 0 Å². The molecule has 0 radical (unpaired) electrons. The molecular weight excluding hydrogens is 362 g/mol. The van der Waals surface area contributed by atoms with Gasteiger partial charge in [-0.05, 0) is 82.1 Å². The average molecular weight is 402 g/mol. The molecule has 4 atom stereocenters. The van der Waals surface area contributed by atoms with E-state index in [1.54, 1.807) is 0 Å². The molecule has 0 saturated heterocycles. The van der Waals surface area contributed by atoms with Crippen LogP contribution in [0.3, 0.4) is 0 Å². The van der Waals surface area contributed by atoms with Crippen LogP contribution in [0.4, 0.5) is 0 Å². The van der Waals surface area contributed by atoms with Crippen molar-refractivity contribution < 1.29 is 15.0 Å². The number of aryl methyl sites for hydroxylation is 1. The summed E-state index contributed by atoms with van der Waals surface area (Å²) in [5.41, 5.74) is 1.28. The summed E-state index contributed by atoms with van der Waals surface area (Å²) in [5.74, 6) is 0.922. The molecule has 0 aromatic heterocycles. The molecule has 162 valence electrons. The number of unbranched alkanes of at least 4 members (excludes halogenated alkanes) is 1. The van der Waals surface area contributed by atoms with Gasteiger partial charge in [-0.15, -0.1) is 0 Å². The van der Waals surface area contributed by atoms with E-state index in [0.717, 1.165) is 57.8 Å². The van der Waals surface area contributed by atoms with E-state index in [2.05, 4.69) is 29.6 Å². The normalized spacial score (nSPS) is 22.8. The van der Waals surface area contributed by atoms with Crippen LogP contribution < -0.4 is 5.32 Å². The van der Waals surface area contributed by atoms with Gasteiger partial charge in [0.1, 0.15) is 0 Å². The molecule has 1 aromatic rings. The van der Waals surface area contributed by atoms with Crippen LogP contribution in [-0.4, -0.2) is 34.9 Å². The first kappa shape index (κ1) is 23.6. The predicted molar refractivity (Wildman–Crippen MR) is 119 cm³/mol. The summed E-state index contributed by atoms with van der Waals surface area (Å²) < 4.78 is 0. The van der Waals surface area contributed by atoms with Gasteiger partial charge in [0.05, 0.1) is 12.2 Å². The van der Waals surface area contributed by atoms with Gasteiger partial charge in [-0.3, -0.25) is 4.79 Å². The Morgan fingerprint density at radius 2 is 2.00 bits per heavy atom. The average Bonchev–Trinajstić information content (AvgIpc) is 3.08. The second kappa shape index (κ2) is 13.6. The van der Waals surface area contributed by atoms with E-state index < -0.39 is 0 Å². The lowest BCUT2D eigenvalue weighted by atomic mass is 9.86. The maximum atomic E-state index is 11.4. The number of hydrogen-bond acceptors (Lipinski definition) is 3. The number of hydrogen-bond donors (Lipinski definition) is 3. The molecule has 0 heterocycles. The highest BCUT2D eigenvalue weighted by molar-refractivity contribution is 5.75. The number of rotatable bonds is 13. The predicted octanol–water partition coefficient (Wildman–Crippen LogP) is 4.40. The van der Waals surface area contributed by atoms with Crippen molar-refractivity contribution in [2.45, 2.75) is 83.3 Å². The van der Waals surface area contributed by atoms with Crippen LogP contribution in [-0.2, 0) is 11.2 Å². The highest BCUT2D eigenvalue weighted by Gasteiger charge is 2.33. The molecule has 29 heavy (non-hydrogen) atoms. The van der Waals surface area contributed by atoms with E-state index in [1.165, 1.54) is 5.56 Å². The van der Waals surface area contributed by atoms with Crippen molar-refractivity contribution in [1.82, 2.24) is 5.32 Å². The van der Waals surface area contributed by atoms with E-state index in [9.17, 15) is 15.0 Å². The van der Waals surface area contributed by atoms with Crippen LogP contribution in [0.1, 0.15) is 70.3 Å². The summed E-state index contributed by atoms with van der Waals surface area (Å²) in [5, 5.41) is 23.5. The van der Waals surface area contributed by atoms with Crippen LogP contribution in [0.15, 0.2) is 42.5 Å². The Labute approximate surface area is 176 Å². The molecule has 1 aromatic carbocycles. The van der Waals surface area contributed by atoms with Gasteiger partial charge in [0.2, 0.25) is 5.91 Å². The van der Waals surface area contributed by atoms with Crippen LogP contribution >= 0.6 is 0 Å². The Hall–Kier alpha value is -1.65. The van der Waals surface area contributed by atoms with E-state index in [-0.39, 0.29) is 18.1 Å². The zero-order valence-corrected chi connectivity index (χ0v) is 17.9. The smallest absolute Gasteiger partial charge is 0.219 e. The number of allylic oxidation sites excluding steroid dienone is 2. The summed E-state index contributed by atoms with van der Waals surface area (Å²) in [6.45, 7) is 2.63. The zero-order chi connectivity index (χ0) is 20.9. The Morgan fingerprint density at radius 1 is 1.21 bits per heavy atom. The summed E-state index contributed by atoms with van der Waals surface area (Å²) in [4.78, 5) is 11.4. The molecule has 4 unspecified atom stereocenters. The Balaban J connectivity index is 1.65. The number of nitrogens with one attached hydrogen (secondary N) is 1. The van der Waals surface area contributed by atoms with Gasteiger partial charge < -0.3 is 15.5 Å². The van der Waals surface area contributed by atoms with Gasteiger partial charge in [0, 0.05) is 13.0 Å².